The van der Waals surface area contributed by atoms with Gasteiger partial charge < -0.3 is 10.1 Å². The summed E-state index contributed by atoms with van der Waals surface area (Å²) in [6.07, 6.45) is 1.61. The molecular formula is C14H21ClFN3O5S. The maximum atomic E-state index is 13.8. The van der Waals surface area contributed by atoms with Crippen LogP contribution in [0.1, 0.15) is 18.4 Å². The molecule has 1 aliphatic rings. The van der Waals surface area contributed by atoms with Crippen LogP contribution >= 0.6 is 12.4 Å². The van der Waals surface area contributed by atoms with E-state index in [2.05, 4.69) is 10.0 Å². The zero-order valence-electron chi connectivity index (χ0n) is 13.9. The number of benzene rings is 1. The van der Waals surface area contributed by atoms with Crippen LogP contribution < -0.4 is 10.0 Å². The fourth-order valence-electron chi connectivity index (χ4n) is 2.77. The lowest BCUT2D eigenvalue weighted by Gasteiger charge is -2.28. The van der Waals surface area contributed by atoms with E-state index < -0.39 is 36.9 Å². The predicted molar refractivity (Wildman–Crippen MR) is 92.1 cm³/mol. The van der Waals surface area contributed by atoms with E-state index >= 15 is 0 Å². The Bertz CT molecular complexity index is 738. The summed E-state index contributed by atoms with van der Waals surface area (Å²) in [5.41, 5.74) is -1.30. The average Bonchev–Trinajstić information content (AvgIpc) is 2.97. The van der Waals surface area contributed by atoms with Gasteiger partial charge in [-0.1, -0.05) is 0 Å². The standard InChI is InChI=1S/C14H20FN3O5S.ClH/c1-10-12(15)6-11(7-13(10)18(19)20)24(21,22)17-8-14(9-23-2)4-3-5-16-14;/h6-7,16-17H,3-5,8-9H2,1-2H3;1H. The molecule has 8 nitrogen and oxygen atoms in total. The van der Waals surface area contributed by atoms with E-state index in [1.165, 1.54) is 14.0 Å². The van der Waals surface area contributed by atoms with E-state index in [-0.39, 0.29) is 24.5 Å². The Morgan fingerprint density at radius 1 is 1.48 bits per heavy atom. The van der Waals surface area contributed by atoms with E-state index in [0.29, 0.717) is 6.61 Å². The van der Waals surface area contributed by atoms with E-state index in [4.69, 9.17) is 4.74 Å². The van der Waals surface area contributed by atoms with Gasteiger partial charge in [-0.3, -0.25) is 10.1 Å². The molecule has 1 aromatic carbocycles. The molecule has 1 atom stereocenters. The lowest BCUT2D eigenvalue weighted by Crippen LogP contribution is -2.52. The maximum absolute atomic E-state index is 13.8. The molecule has 142 valence electrons. The third kappa shape index (κ3) is 4.85. The van der Waals surface area contributed by atoms with Crippen LogP contribution in [-0.4, -0.2) is 45.7 Å². The largest absolute Gasteiger partial charge is 0.383 e. The summed E-state index contributed by atoms with van der Waals surface area (Å²) < 4.78 is 46.2. The van der Waals surface area contributed by atoms with Crippen LogP contribution in [0, 0.1) is 22.9 Å². The number of nitro benzene ring substituents is 1. The Morgan fingerprint density at radius 3 is 2.68 bits per heavy atom. The number of ether oxygens (including phenoxy) is 1. The number of halogens is 2. The first-order valence-corrected chi connectivity index (χ1v) is 8.87. The third-order valence-corrected chi connectivity index (χ3v) is 5.53. The molecule has 0 saturated carbocycles. The van der Waals surface area contributed by atoms with Gasteiger partial charge in [0, 0.05) is 19.7 Å². The minimum atomic E-state index is -4.09. The molecule has 1 heterocycles. The molecule has 1 aromatic rings. The lowest BCUT2D eigenvalue weighted by atomic mass is 9.99. The van der Waals surface area contributed by atoms with Crippen molar-refractivity contribution in [1.29, 1.82) is 0 Å². The van der Waals surface area contributed by atoms with Crippen molar-refractivity contribution in [2.24, 2.45) is 0 Å². The first-order valence-electron chi connectivity index (χ1n) is 7.39. The minimum Gasteiger partial charge on any atom is -0.383 e. The Balaban J connectivity index is 0.00000312. The molecule has 11 heteroatoms. The van der Waals surface area contributed by atoms with Crippen LogP contribution in [0.4, 0.5) is 10.1 Å². The number of nitrogens with zero attached hydrogens (tertiary/aromatic N) is 1. The molecule has 0 aliphatic carbocycles. The molecule has 1 saturated heterocycles. The molecular weight excluding hydrogens is 377 g/mol. The Labute approximate surface area is 151 Å². The van der Waals surface area contributed by atoms with Crippen LogP contribution in [0.5, 0.6) is 0 Å². The molecule has 0 aromatic heterocycles. The topological polar surface area (TPSA) is 111 Å². The second-order valence-electron chi connectivity index (χ2n) is 5.87. The van der Waals surface area contributed by atoms with Crippen molar-refractivity contribution >= 4 is 28.1 Å². The molecule has 0 radical (unpaired) electrons. The highest BCUT2D eigenvalue weighted by molar-refractivity contribution is 7.89. The molecule has 1 unspecified atom stereocenters. The van der Waals surface area contributed by atoms with Gasteiger partial charge in [0.1, 0.15) is 5.82 Å². The fourth-order valence-corrected chi connectivity index (χ4v) is 3.93. The summed E-state index contributed by atoms with van der Waals surface area (Å²) in [5.74, 6) is -0.935. The summed E-state index contributed by atoms with van der Waals surface area (Å²) >= 11 is 0. The quantitative estimate of drug-likeness (QED) is 0.533. The fraction of sp³-hybridized carbons (Fsp3) is 0.571. The predicted octanol–water partition coefficient (Wildman–Crippen LogP) is 1.51. The number of hydrogen-bond acceptors (Lipinski definition) is 6. The Kier molecular flexibility index (Phi) is 7.27. The van der Waals surface area contributed by atoms with Crippen molar-refractivity contribution in [2.75, 3.05) is 26.8 Å². The number of methoxy groups -OCH3 is 1. The summed E-state index contributed by atoms with van der Waals surface area (Å²) in [7, 11) is -2.57. The van der Waals surface area contributed by atoms with Crippen LogP contribution in [-0.2, 0) is 14.8 Å². The number of nitro groups is 1. The van der Waals surface area contributed by atoms with E-state index in [0.717, 1.165) is 31.5 Å². The normalized spacial score (nSPS) is 20.3. The maximum Gasteiger partial charge on any atom is 0.276 e. The highest BCUT2D eigenvalue weighted by atomic mass is 35.5. The summed E-state index contributed by atoms with van der Waals surface area (Å²) in [5, 5.41) is 14.2. The summed E-state index contributed by atoms with van der Waals surface area (Å²) in [6, 6.07) is 1.65. The first-order chi connectivity index (χ1) is 11.2. The van der Waals surface area contributed by atoms with Crippen molar-refractivity contribution in [3.63, 3.8) is 0 Å². The average molecular weight is 398 g/mol. The molecule has 0 amide bonds. The molecule has 0 spiro atoms. The van der Waals surface area contributed by atoms with Crippen molar-refractivity contribution in [3.05, 3.63) is 33.6 Å². The molecule has 1 aliphatic heterocycles. The monoisotopic (exact) mass is 397 g/mol. The third-order valence-electron chi connectivity index (χ3n) is 4.15. The van der Waals surface area contributed by atoms with Crippen LogP contribution in [0.25, 0.3) is 0 Å². The van der Waals surface area contributed by atoms with E-state index in [1.54, 1.807) is 0 Å². The van der Waals surface area contributed by atoms with Gasteiger partial charge in [0.25, 0.3) is 5.69 Å². The molecule has 1 fully saturated rings. The molecule has 2 rings (SSSR count). The van der Waals surface area contributed by atoms with Crippen molar-refractivity contribution in [2.45, 2.75) is 30.2 Å². The Hall–Kier alpha value is -1.33. The molecule has 0 bridgehead atoms. The summed E-state index contributed by atoms with van der Waals surface area (Å²) in [4.78, 5) is 9.68. The SMILES string of the molecule is COCC1(CNS(=O)(=O)c2cc(F)c(C)c([N+](=O)[O-])c2)CCCN1.Cl. The van der Waals surface area contributed by atoms with Crippen molar-refractivity contribution < 1.29 is 22.5 Å². The lowest BCUT2D eigenvalue weighted by molar-refractivity contribution is -0.385. The smallest absolute Gasteiger partial charge is 0.276 e. The number of sulfonamides is 1. The van der Waals surface area contributed by atoms with Gasteiger partial charge >= 0.3 is 0 Å². The number of hydrogen-bond donors (Lipinski definition) is 2. The van der Waals surface area contributed by atoms with Crippen LogP contribution in [0.2, 0.25) is 0 Å². The van der Waals surface area contributed by atoms with Gasteiger partial charge in [-0.25, -0.2) is 17.5 Å². The second kappa shape index (κ2) is 8.37. The zero-order chi connectivity index (χ0) is 18.0. The highest BCUT2D eigenvalue weighted by Crippen LogP contribution is 2.26. The summed E-state index contributed by atoms with van der Waals surface area (Å²) in [6.45, 7) is 2.34. The Morgan fingerprint density at radius 2 is 2.16 bits per heavy atom. The van der Waals surface area contributed by atoms with Crippen molar-refractivity contribution in [3.8, 4) is 0 Å². The van der Waals surface area contributed by atoms with Gasteiger partial charge in [0.15, 0.2) is 0 Å². The highest BCUT2D eigenvalue weighted by Gasteiger charge is 2.35. The molecule has 2 N–H and O–H groups in total. The van der Waals surface area contributed by atoms with Gasteiger partial charge in [-0.2, -0.15) is 0 Å². The van der Waals surface area contributed by atoms with Gasteiger partial charge in [0.05, 0.1) is 27.5 Å². The van der Waals surface area contributed by atoms with Crippen LogP contribution in [0.3, 0.4) is 0 Å². The minimum absolute atomic E-state index is 0. The zero-order valence-corrected chi connectivity index (χ0v) is 15.5. The van der Waals surface area contributed by atoms with E-state index in [9.17, 15) is 22.9 Å². The molecule has 25 heavy (non-hydrogen) atoms. The number of nitrogens with one attached hydrogen (secondary N) is 2. The van der Waals surface area contributed by atoms with E-state index in [1.807, 2.05) is 0 Å². The number of rotatable bonds is 7. The van der Waals surface area contributed by atoms with Gasteiger partial charge in [0.2, 0.25) is 10.0 Å². The van der Waals surface area contributed by atoms with Crippen molar-refractivity contribution in [1.82, 2.24) is 10.0 Å². The van der Waals surface area contributed by atoms with Gasteiger partial charge in [-0.05, 0) is 32.4 Å². The van der Waals surface area contributed by atoms with Crippen LogP contribution in [0.15, 0.2) is 17.0 Å². The van der Waals surface area contributed by atoms with Gasteiger partial charge in [-0.15, -0.1) is 12.4 Å². The first kappa shape index (κ1) is 21.7. The second-order valence-corrected chi connectivity index (χ2v) is 7.64.